The van der Waals surface area contributed by atoms with Gasteiger partial charge in [-0.25, -0.2) is 0 Å². The lowest BCUT2D eigenvalue weighted by Gasteiger charge is -2.37. The van der Waals surface area contributed by atoms with Crippen molar-refractivity contribution in [3.8, 4) is 0 Å². The maximum absolute atomic E-state index is 11.5. The summed E-state index contributed by atoms with van der Waals surface area (Å²) in [4.78, 5) is 11.5. The molecule has 2 fully saturated rings. The molecule has 0 aliphatic heterocycles. The van der Waals surface area contributed by atoms with E-state index in [-0.39, 0.29) is 0 Å². The Labute approximate surface area is 97.6 Å². The molecule has 0 radical (unpaired) electrons. The van der Waals surface area contributed by atoms with E-state index in [1.807, 2.05) is 0 Å². The van der Waals surface area contributed by atoms with Gasteiger partial charge in [0.1, 0.15) is 5.54 Å². The maximum atomic E-state index is 11.5. The minimum atomic E-state index is -0.638. The monoisotopic (exact) mass is 225 g/mol. The van der Waals surface area contributed by atoms with Crippen molar-refractivity contribution in [3.63, 3.8) is 0 Å². The van der Waals surface area contributed by atoms with Gasteiger partial charge in [-0.15, -0.1) is 0 Å². The maximum Gasteiger partial charge on any atom is 0.323 e. The topological polar surface area (TPSA) is 49.3 Å². The lowest BCUT2D eigenvalue weighted by Crippen LogP contribution is -2.55. The Balaban J connectivity index is 1.97. The first kappa shape index (κ1) is 11.9. The van der Waals surface area contributed by atoms with Gasteiger partial charge in [-0.3, -0.25) is 10.1 Å². The zero-order valence-electron chi connectivity index (χ0n) is 10.3. The molecule has 3 nitrogen and oxygen atoms in total. The second-order valence-corrected chi connectivity index (χ2v) is 5.70. The quantitative estimate of drug-likeness (QED) is 0.772. The standard InChI is InChI=1S/C13H23NO2/c1-3-10-4-6-13(7-5-10,12(15)16)14-11-8-9(11)2/h9-11,14H,3-8H2,1-2H3,(H,15,16). The zero-order chi connectivity index (χ0) is 11.8. The van der Waals surface area contributed by atoms with Crippen LogP contribution in [-0.4, -0.2) is 22.7 Å². The van der Waals surface area contributed by atoms with E-state index in [2.05, 4.69) is 19.2 Å². The summed E-state index contributed by atoms with van der Waals surface area (Å²) in [5.74, 6) is 0.771. The van der Waals surface area contributed by atoms with Gasteiger partial charge < -0.3 is 5.11 Å². The van der Waals surface area contributed by atoms with E-state index in [9.17, 15) is 9.90 Å². The Morgan fingerprint density at radius 2 is 2.00 bits per heavy atom. The summed E-state index contributed by atoms with van der Waals surface area (Å²) >= 11 is 0. The first-order chi connectivity index (χ1) is 7.57. The van der Waals surface area contributed by atoms with Crippen LogP contribution in [0.15, 0.2) is 0 Å². The van der Waals surface area contributed by atoms with Crippen molar-refractivity contribution in [2.75, 3.05) is 0 Å². The fraction of sp³-hybridized carbons (Fsp3) is 0.923. The van der Waals surface area contributed by atoms with Gasteiger partial charge in [-0.2, -0.15) is 0 Å². The number of hydrogen-bond acceptors (Lipinski definition) is 2. The highest BCUT2D eigenvalue weighted by atomic mass is 16.4. The molecule has 0 saturated heterocycles. The summed E-state index contributed by atoms with van der Waals surface area (Å²) in [6.07, 6.45) is 6.09. The number of carboxylic acids is 1. The second-order valence-electron chi connectivity index (χ2n) is 5.70. The van der Waals surface area contributed by atoms with Crippen LogP contribution in [0, 0.1) is 11.8 Å². The molecule has 2 rings (SSSR count). The Morgan fingerprint density at radius 3 is 2.38 bits per heavy atom. The van der Waals surface area contributed by atoms with Crippen molar-refractivity contribution < 1.29 is 9.90 Å². The normalized spacial score (nSPS) is 43.0. The van der Waals surface area contributed by atoms with Gasteiger partial charge in [0.2, 0.25) is 0 Å². The third kappa shape index (κ3) is 2.24. The van der Waals surface area contributed by atoms with Gasteiger partial charge in [0.15, 0.2) is 0 Å². The molecular weight excluding hydrogens is 202 g/mol. The van der Waals surface area contributed by atoms with Gasteiger partial charge >= 0.3 is 5.97 Å². The van der Waals surface area contributed by atoms with Crippen molar-refractivity contribution in [2.24, 2.45) is 11.8 Å². The highest BCUT2D eigenvalue weighted by molar-refractivity contribution is 5.79. The summed E-state index contributed by atoms with van der Waals surface area (Å²) in [5, 5.41) is 12.8. The molecule has 3 heteroatoms. The number of hydrogen-bond donors (Lipinski definition) is 2. The SMILES string of the molecule is CCC1CCC(NC2CC2C)(C(=O)O)CC1. The van der Waals surface area contributed by atoms with Gasteiger partial charge in [-0.1, -0.05) is 20.3 Å². The minimum Gasteiger partial charge on any atom is -0.480 e. The molecule has 16 heavy (non-hydrogen) atoms. The van der Waals surface area contributed by atoms with E-state index in [4.69, 9.17) is 0 Å². The van der Waals surface area contributed by atoms with Gasteiger partial charge in [-0.05, 0) is 43.9 Å². The van der Waals surface area contributed by atoms with E-state index in [0.717, 1.165) is 38.0 Å². The number of carbonyl (C=O) groups is 1. The Morgan fingerprint density at radius 1 is 1.44 bits per heavy atom. The molecule has 0 spiro atoms. The van der Waals surface area contributed by atoms with Crippen LogP contribution in [0.2, 0.25) is 0 Å². The Bertz CT molecular complexity index is 269. The van der Waals surface area contributed by atoms with Crippen molar-refractivity contribution >= 4 is 5.97 Å². The van der Waals surface area contributed by atoms with Crippen LogP contribution in [0.3, 0.4) is 0 Å². The lowest BCUT2D eigenvalue weighted by atomic mass is 9.75. The average Bonchev–Trinajstić information content (AvgIpc) is 2.95. The van der Waals surface area contributed by atoms with Gasteiger partial charge in [0.25, 0.3) is 0 Å². The number of rotatable bonds is 4. The fourth-order valence-corrected chi connectivity index (χ4v) is 2.88. The summed E-state index contributed by atoms with van der Waals surface area (Å²) < 4.78 is 0. The minimum absolute atomic E-state index is 0.453. The van der Waals surface area contributed by atoms with Crippen molar-refractivity contribution in [2.45, 2.75) is 64.0 Å². The number of aliphatic carboxylic acids is 1. The molecule has 92 valence electrons. The first-order valence-corrected chi connectivity index (χ1v) is 6.58. The second kappa shape index (κ2) is 4.36. The third-order valence-electron chi connectivity index (χ3n) is 4.52. The molecule has 0 aromatic carbocycles. The predicted molar refractivity (Wildman–Crippen MR) is 63.3 cm³/mol. The molecule has 2 aliphatic carbocycles. The van der Waals surface area contributed by atoms with E-state index < -0.39 is 11.5 Å². The van der Waals surface area contributed by atoms with E-state index in [1.165, 1.54) is 6.42 Å². The highest BCUT2D eigenvalue weighted by Gasteiger charge is 2.47. The summed E-state index contributed by atoms with van der Waals surface area (Å²) in [7, 11) is 0. The number of carboxylic acid groups (broad SMARTS) is 1. The Kier molecular flexibility index (Phi) is 3.24. The lowest BCUT2D eigenvalue weighted by molar-refractivity contribution is -0.147. The molecule has 2 unspecified atom stereocenters. The van der Waals surface area contributed by atoms with Crippen LogP contribution in [-0.2, 0) is 4.79 Å². The molecule has 0 aromatic rings. The molecule has 2 aliphatic rings. The van der Waals surface area contributed by atoms with E-state index >= 15 is 0 Å². The van der Waals surface area contributed by atoms with Crippen LogP contribution >= 0.6 is 0 Å². The molecule has 0 bridgehead atoms. The average molecular weight is 225 g/mol. The van der Waals surface area contributed by atoms with Crippen molar-refractivity contribution in [1.82, 2.24) is 5.32 Å². The predicted octanol–water partition coefficient (Wildman–Crippen LogP) is 2.41. The van der Waals surface area contributed by atoms with Crippen LogP contribution in [0.5, 0.6) is 0 Å². The molecule has 2 saturated carbocycles. The van der Waals surface area contributed by atoms with E-state index in [1.54, 1.807) is 0 Å². The molecule has 0 aromatic heterocycles. The summed E-state index contributed by atoms with van der Waals surface area (Å²) in [6, 6.07) is 0.453. The zero-order valence-corrected chi connectivity index (χ0v) is 10.3. The largest absolute Gasteiger partial charge is 0.480 e. The fourth-order valence-electron chi connectivity index (χ4n) is 2.88. The van der Waals surface area contributed by atoms with Crippen LogP contribution < -0.4 is 5.32 Å². The summed E-state index contributed by atoms with van der Waals surface area (Å²) in [6.45, 7) is 4.39. The van der Waals surface area contributed by atoms with Crippen LogP contribution in [0.4, 0.5) is 0 Å². The van der Waals surface area contributed by atoms with Gasteiger partial charge in [0.05, 0.1) is 0 Å². The number of nitrogens with one attached hydrogen (secondary N) is 1. The molecule has 0 amide bonds. The molecular formula is C13H23NO2. The van der Waals surface area contributed by atoms with Crippen molar-refractivity contribution in [3.05, 3.63) is 0 Å². The van der Waals surface area contributed by atoms with Crippen LogP contribution in [0.25, 0.3) is 0 Å². The third-order valence-corrected chi connectivity index (χ3v) is 4.52. The first-order valence-electron chi connectivity index (χ1n) is 6.58. The molecule has 2 N–H and O–H groups in total. The van der Waals surface area contributed by atoms with Crippen molar-refractivity contribution in [1.29, 1.82) is 0 Å². The molecule has 2 atom stereocenters. The Hall–Kier alpha value is -0.570. The summed E-state index contributed by atoms with van der Waals surface area (Å²) in [5.41, 5.74) is -0.610. The van der Waals surface area contributed by atoms with Crippen LogP contribution in [0.1, 0.15) is 52.4 Å². The van der Waals surface area contributed by atoms with E-state index in [0.29, 0.717) is 12.0 Å². The highest BCUT2D eigenvalue weighted by Crippen LogP contribution is 2.38. The molecule has 0 heterocycles. The van der Waals surface area contributed by atoms with Gasteiger partial charge in [0, 0.05) is 6.04 Å². The smallest absolute Gasteiger partial charge is 0.323 e.